The monoisotopic (exact) mass is 348 g/mol. The third kappa shape index (κ3) is 3.14. The molecule has 0 aromatic carbocycles. The first-order chi connectivity index (χ1) is 11.7. The van der Waals surface area contributed by atoms with Gasteiger partial charge in [0.1, 0.15) is 0 Å². The Morgan fingerprint density at radius 1 is 1.29 bits per heavy atom. The van der Waals surface area contributed by atoms with Crippen LogP contribution in [0.25, 0.3) is 0 Å². The van der Waals surface area contributed by atoms with Crippen LogP contribution in [-0.2, 0) is 4.74 Å². The lowest BCUT2D eigenvalue weighted by Gasteiger charge is -2.46. The molecule has 3 fully saturated rings. The van der Waals surface area contributed by atoms with Crippen LogP contribution in [-0.4, -0.2) is 60.6 Å². The Kier molecular flexibility index (Phi) is 4.67. The van der Waals surface area contributed by atoms with Crippen molar-refractivity contribution in [2.75, 3.05) is 33.4 Å². The van der Waals surface area contributed by atoms with Crippen LogP contribution in [0.4, 0.5) is 0 Å². The Morgan fingerprint density at radius 2 is 2.08 bits per heavy atom. The van der Waals surface area contributed by atoms with Gasteiger partial charge in [-0.25, -0.2) is 0 Å². The number of rotatable bonds is 5. The van der Waals surface area contributed by atoms with E-state index in [9.17, 15) is 4.79 Å². The number of methoxy groups -OCH3 is 1. The van der Waals surface area contributed by atoms with Gasteiger partial charge in [-0.05, 0) is 55.9 Å². The molecule has 24 heavy (non-hydrogen) atoms. The Labute approximate surface area is 148 Å². The Hall–Kier alpha value is -0.910. The topological polar surface area (TPSA) is 32.8 Å². The lowest BCUT2D eigenvalue weighted by atomic mass is 9.84. The molecule has 0 N–H and O–H groups in total. The van der Waals surface area contributed by atoms with Crippen molar-refractivity contribution in [2.24, 2.45) is 5.92 Å². The van der Waals surface area contributed by atoms with Gasteiger partial charge in [0.15, 0.2) is 0 Å². The molecule has 4 nitrogen and oxygen atoms in total. The Bertz CT molecular complexity index is 562. The highest BCUT2D eigenvalue weighted by Gasteiger charge is 2.49. The zero-order chi connectivity index (χ0) is 16.6. The lowest BCUT2D eigenvalue weighted by Crippen LogP contribution is -2.56. The minimum absolute atomic E-state index is 0.222. The third-order valence-corrected chi connectivity index (χ3v) is 7.08. The van der Waals surface area contributed by atoms with Crippen molar-refractivity contribution < 1.29 is 9.53 Å². The number of piperidine rings is 1. The number of carbonyl (C=O) groups excluding carboxylic acids is 1. The summed E-state index contributed by atoms with van der Waals surface area (Å²) in [5, 5.41) is 1.99. The molecule has 3 heterocycles. The zero-order valence-corrected chi connectivity index (χ0v) is 15.4. The molecule has 1 atom stereocenters. The normalized spacial score (nSPS) is 27.0. The maximum absolute atomic E-state index is 12.6. The van der Waals surface area contributed by atoms with E-state index in [0.29, 0.717) is 11.6 Å². The van der Waals surface area contributed by atoms with Gasteiger partial charge < -0.3 is 9.64 Å². The minimum atomic E-state index is 0.222. The first-order valence-electron chi connectivity index (χ1n) is 9.30. The number of amides is 1. The van der Waals surface area contributed by atoms with Gasteiger partial charge in [0.05, 0.1) is 11.5 Å². The maximum atomic E-state index is 12.6. The SMILES string of the molecule is COC[C@@H]1CCC2(CCN(C(=O)c3cccs3)CC2)N1CC1CC1. The second-order valence-corrected chi connectivity index (χ2v) is 8.69. The number of thiophene rings is 1. The van der Waals surface area contributed by atoms with Crippen LogP contribution < -0.4 is 0 Å². The summed E-state index contributed by atoms with van der Waals surface area (Å²) in [6, 6.07) is 4.49. The van der Waals surface area contributed by atoms with Gasteiger partial charge in [-0.2, -0.15) is 0 Å². The van der Waals surface area contributed by atoms with Crippen LogP contribution in [0.5, 0.6) is 0 Å². The Morgan fingerprint density at radius 3 is 2.71 bits per heavy atom. The van der Waals surface area contributed by atoms with Crippen LogP contribution in [0.3, 0.4) is 0 Å². The molecule has 4 rings (SSSR count). The minimum Gasteiger partial charge on any atom is -0.383 e. The molecule has 1 spiro atoms. The van der Waals surface area contributed by atoms with E-state index in [1.165, 1.54) is 32.2 Å². The summed E-state index contributed by atoms with van der Waals surface area (Å²) in [4.78, 5) is 18.3. The fraction of sp³-hybridized carbons (Fsp3) is 0.737. The van der Waals surface area contributed by atoms with E-state index in [1.54, 1.807) is 11.3 Å². The molecule has 2 saturated heterocycles. The number of ether oxygens (including phenoxy) is 1. The average molecular weight is 349 g/mol. The molecule has 0 bridgehead atoms. The summed E-state index contributed by atoms with van der Waals surface area (Å²) < 4.78 is 5.50. The lowest BCUT2D eigenvalue weighted by molar-refractivity contribution is 0.00925. The van der Waals surface area contributed by atoms with E-state index in [0.717, 1.165) is 43.3 Å². The van der Waals surface area contributed by atoms with Crippen LogP contribution in [0.2, 0.25) is 0 Å². The summed E-state index contributed by atoms with van der Waals surface area (Å²) in [6.07, 6.45) is 7.56. The first-order valence-corrected chi connectivity index (χ1v) is 10.2. The smallest absolute Gasteiger partial charge is 0.263 e. The second kappa shape index (κ2) is 6.77. The van der Waals surface area contributed by atoms with E-state index in [2.05, 4.69) is 9.80 Å². The van der Waals surface area contributed by atoms with Crippen LogP contribution >= 0.6 is 11.3 Å². The molecule has 3 aliphatic rings. The molecule has 1 saturated carbocycles. The highest BCUT2D eigenvalue weighted by molar-refractivity contribution is 7.12. The molecule has 0 radical (unpaired) electrons. The van der Waals surface area contributed by atoms with Crippen molar-refractivity contribution in [1.29, 1.82) is 0 Å². The number of carbonyl (C=O) groups is 1. The van der Waals surface area contributed by atoms with Gasteiger partial charge in [0, 0.05) is 38.3 Å². The van der Waals surface area contributed by atoms with Crippen molar-refractivity contribution in [3.63, 3.8) is 0 Å². The van der Waals surface area contributed by atoms with Gasteiger partial charge in [0.25, 0.3) is 5.91 Å². The zero-order valence-electron chi connectivity index (χ0n) is 14.6. The molecule has 1 aliphatic carbocycles. The molecule has 2 aliphatic heterocycles. The van der Waals surface area contributed by atoms with E-state index in [4.69, 9.17) is 4.74 Å². The quantitative estimate of drug-likeness (QED) is 0.819. The van der Waals surface area contributed by atoms with E-state index in [-0.39, 0.29) is 5.91 Å². The van der Waals surface area contributed by atoms with Gasteiger partial charge in [-0.1, -0.05) is 6.07 Å². The van der Waals surface area contributed by atoms with Gasteiger partial charge in [-0.3, -0.25) is 9.69 Å². The van der Waals surface area contributed by atoms with Gasteiger partial charge in [0.2, 0.25) is 0 Å². The highest BCUT2D eigenvalue weighted by atomic mass is 32.1. The standard InChI is InChI=1S/C19H28N2O2S/c1-23-14-16-6-7-19(21(16)13-15-4-5-15)8-10-20(11-9-19)18(22)17-3-2-12-24-17/h2-3,12,15-16H,4-11,13-14H2,1H3/t16-/m0/s1. The molecule has 132 valence electrons. The van der Waals surface area contributed by atoms with Gasteiger partial charge >= 0.3 is 0 Å². The fourth-order valence-corrected chi connectivity index (χ4v) is 5.32. The average Bonchev–Trinajstić information content (AvgIpc) is 3.14. The van der Waals surface area contributed by atoms with Crippen molar-refractivity contribution >= 4 is 17.2 Å². The molecular formula is C19H28N2O2S. The molecule has 0 unspecified atom stereocenters. The summed E-state index contributed by atoms with van der Waals surface area (Å²) >= 11 is 1.55. The first kappa shape index (κ1) is 16.6. The summed E-state index contributed by atoms with van der Waals surface area (Å²) in [5.41, 5.74) is 0.317. The predicted molar refractivity (Wildman–Crippen MR) is 96.5 cm³/mol. The molecule has 5 heteroatoms. The van der Waals surface area contributed by atoms with Gasteiger partial charge in [-0.15, -0.1) is 11.3 Å². The Balaban J connectivity index is 1.43. The number of hydrogen-bond acceptors (Lipinski definition) is 4. The second-order valence-electron chi connectivity index (χ2n) is 7.74. The maximum Gasteiger partial charge on any atom is 0.263 e. The number of nitrogens with zero attached hydrogens (tertiary/aromatic N) is 2. The highest BCUT2D eigenvalue weighted by Crippen LogP contribution is 2.44. The van der Waals surface area contributed by atoms with Crippen molar-refractivity contribution in [3.05, 3.63) is 22.4 Å². The van der Waals surface area contributed by atoms with Crippen LogP contribution in [0.15, 0.2) is 17.5 Å². The molecule has 1 aromatic heterocycles. The summed E-state index contributed by atoms with van der Waals surface area (Å²) in [6.45, 7) is 3.90. The third-order valence-electron chi connectivity index (χ3n) is 6.22. The van der Waals surface area contributed by atoms with E-state index in [1.807, 2.05) is 24.6 Å². The molecule has 1 amide bonds. The molecular weight excluding hydrogens is 320 g/mol. The van der Waals surface area contributed by atoms with Crippen LogP contribution in [0.1, 0.15) is 48.2 Å². The van der Waals surface area contributed by atoms with Crippen molar-refractivity contribution in [1.82, 2.24) is 9.80 Å². The van der Waals surface area contributed by atoms with Crippen molar-refractivity contribution in [3.8, 4) is 0 Å². The number of hydrogen-bond donors (Lipinski definition) is 0. The predicted octanol–water partition coefficient (Wildman–Crippen LogP) is 3.24. The fourth-order valence-electron chi connectivity index (χ4n) is 4.63. The van der Waals surface area contributed by atoms with Crippen molar-refractivity contribution in [2.45, 2.75) is 50.1 Å². The summed E-state index contributed by atoms with van der Waals surface area (Å²) in [5.74, 6) is 1.13. The van der Waals surface area contributed by atoms with Crippen LogP contribution in [0, 0.1) is 5.92 Å². The summed E-state index contributed by atoms with van der Waals surface area (Å²) in [7, 11) is 1.82. The molecule has 1 aromatic rings. The number of likely N-dealkylation sites (tertiary alicyclic amines) is 2. The van der Waals surface area contributed by atoms with E-state index < -0.39 is 0 Å². The van der Waals surface area contributed by atoms with E-state index >= 15 is 0 Å². The largest absolute Gasteiger partial charge is 0.383 e.